The summed E-state index contributed by atoms with van der Waals surface area (Å²) in [4.78, 5) is 22.6. The number of rotatable bonds is 4. The molecule has 0 atom stereocenters. The molecular formula is C25H26FN3O2. The van der Waals surface area contributed by atoms with Gasteiger partial charge in [-0.2, -0.15) is 0 Å². The number of aryl methyl sites for hydroxylation is 3. The number of nitrogens with one attached hydrogen (secondary N) is 1. The van der Waals surface area contributed by atoms with Crippen molar-refractivity contribution in [2.75, 3.05) is 26.3 Å². The molecule has 2 aliphatic rings. The summed E-state index contributed by atoms with van der Waals surface area (Å²) in [5, 5.41) is 0. The average Bonchev–Trinajstić information content (AvgIpc) is 3.08. The maximum absolute atomic E-state index is 14.7. The van der Waals surface area contributed by atoms with Gasteiger partial charge in [-0.3, -0.25) is 4.79 Å². The van der Waals surface area contributed by atoms with E-state index in [9.17, 15) is 9.18 Å². The van der Waals surface area contributed by atoms with Crippen LogP contribution in [0, 0.1) is 20.8 Å². The molecule has 1 aromatic heterocycles. The van der Waals surface area contributed by atoms with E-state index in [-0.39, 0.29) is 19.1 Å². The molecule has 0 radical (unpaired) electrons. The van der Waals surface area contributed by atoms with Gasteiger partial charge < -0.3 is 14.6 Å². The molecule has 2 aliphatic heterocycles. The monoisotopic (exact) mass is 419 g/mol. The molecule has 160 valence electrons. The van der Waals surface area contributed by atoms with Gasteiger partial charge in [0.25, 0.3) is 5.91 Å². The number of carbonyl (C=O) groups excluding carboxylic acids is 1. The van der Waals surface area contributed by atoms with Gasteiger partial charge in [-0.15, -0.1) is 0 Å². The number of nitrogens with zero attached hydrogens (tertiary/aromatic N) is 2. The normalized spacial score (nSPS) is 17.9. The van der Waals surface area contributed by atoms with E-state index in [1.807, 2.05) is 36.9 Å². The van der Waals surface area contributed by atoms with Crippen LogP contribution in [0.25, 0.3) is 11.3 Å². The minimum atomic E-state index is -1.55. The van der Waals surface area contributed by atoms with Crippen LogP contribution in [-0.2, 0) is 10.4 Å². The largest absolute Gasteiger partial charge is 0.374 e. The molecule has 2 fully saturated rings. The fraction of sp³-hybridized carbons (Fsp3) is 0.360. The SMILES string of the molecule is Cc1ccc(C2CN(C(=O)c3ccc(C)c(-c4nc(C5(F)COC5)[nH]c4C)c3)C2)cc1. The lowest BCUT2D eigenvalue weighted by molar-refractivity contribution is -0.139. The third-order valence-corrected chi connectivity index (χ3v) is 6.43. The first-order valence-corrected chi connectivity index (χ1v) is 10.6. The molecule has 2 aromatic carbocycles. The van der Waals surface area contributed by atoms with E-state index in [2.05, 4.69) is 41.2 Å². The van der Waals surface area contributed by atoms with Crippen LogP contribution in [0.3, 0.4) is 0 Å². The second kappa shape index (κ2) is 7.31. The van der Waals surface area contributed by atoms with E-state index in [0.29, 0.717) is 23.0 Å². The van der Waals surface area contributed by atoms with Crippen LogP contribution in [0.2, 0.25) is 0 Å². The number of likely N-dealkylation sites (tertiary alicyclic amines) is 1. The summed E-state index contributed by atoms with van der Waals surface area (Å²) in [7, 11) is 0. The van der Waals surface area contributed by atoms with Crippen LogP contribution in [0.5, 0.6) is 0 Å². The van der Waals surface area contributed by atoms with Crippen molar-refractivity contribution in [3.8, 4) is 11.3 Å². The lowest BCUT2D eigenvalue weighted by Crippen LogP contribution is -2.48. The first-order valence-electron chi connectivity index (χ1n) is 10.6. The number of aromatic nitrogens is 2. The van der Waals surface area contributed by atoms with Crippen molar-refractivity contribution in [1.29, 1.82) is 0 Å². The highest BCUT2D eigenvalue weighted by Crippen LogP contribution is 2.36. The molecule has 0 bridgehead atoms. The van der Waals surface area contributed by atoms with Crippen molar-refractivity contribution in [2.45, 2.75) is 32.4 Å². The highest BCUT2D eigenvalue weighted by Gasteiger charge is 2.44. The number of halogens is 1. The molecule has 2 saturated heterocycles. The number of imidazole rings is 1. The Labute approximate surface area is 181 Å². The smallest absolute Gasteiger partial charge is 0.253 e. The van der Waals surface area contributed by atoms with E-state index in [1.54, 1.807) is 0 Å². The molecule has 0 saturated carbocycles. The molecule has 3 aromatic rings. The number of hydrogen-bond acceptors (Lipinski definition) is 3. The molecule has 0 unspecified atom stereocenters. The van der Waals surface area contributed by atoms with Crippen LogP contribution in [0.1, 0.15) is 44.5 Å². The van der Waals surface area contributed by atoms with Gasteiger partial charge in [-0.1, -0.05) is 35.9 Å². The van der Waals surface area contributed by atoms with Crippen molar-refractivity contribution in [1.82, 2.24) is 14.9 Å². The molecule has 3 heterocycles. The van der Waals surface area contributed by atoms with Crippen LogP contribution in [-0.4, -0.2) is 47.1 Å². The molecule has 5 rings (SSSR count). The summed E-state index contributed by atoms with van der Waals surface area (Å²) >= 11 is 0. The maximum Gasteiger partial charge on any atom is 0.253 e. The third kappa shape index (κ3) is 3.45. The van der Waals surface area contributed by atoms with Gasteiger partial charge in [0, 0.05) is 35.8 Å². The van der Waals surface area contributed by atoms with Gasteiger partial charge in [0.05, 0.1) is 18.9 Å². The fourth-order valence-electron chi connectivity index (χ4n) is 4.24. The fourth-order valence-corrected chi connectivity index (χ4v) is 4.24. The van der Waals surface area contributed by atoms with Gasteiger partial charge in [0.15, 0.2) is 0 Å². The van der Waals surface area contributed by atoms with Crippen molar-refractivity contribution in [2.24, 2.45) is 0 Å². The summed E-state index contributed by atoms with van der Waals surface area (Å²) in [5.41, 5.74) is 4.92. The zero-order valence-electron chi connectivity index (χ0n) is 18.0. The number of benzene rings is 2. The quantitative estimate of drug-likeness (QED) is 0.680. The number of hydrogen-bond donors (Lipinski definition) is 1. The van der Waals surface area contributed by atoms with Crippen LogP contribution in [0.4, 0.5) is 4.39 Å². The van der Waals surface area contributed by atoms with E-state index in [0.717, 1.165) is 29.9 Å². The van der Waals surface area contributed by atoms with Crippen LogP contribution < -0.4 is 0 Å². The minimum Gasteiger partial charge on any atom is -0.374 e. The van der Waals surface area contributed by atoms with Gasteiger partial charge >= 0.3 is 0 Å². The summed E-state index contributed by atoms with van der Waals surface area (Å²) in [6.45, 7) is 7.42. The first kappa shape index (κ1) is 19.9. The third-order valence-electron chi connectivity index (χ3n) is 6.43. The predicted octanol–water partition coefficient (Wildman–Crippen LogP) is 4.44. The Morgan fingerprint density at radius 1 is 1.13 bits per heavy atom. The highest BCUT2D eigenvalue weighted by atomic mass is 19.1. The zero-order chi connectivity index (χ0) is 21.8. The highest BCUT2D eigenvalue weighted by molar-refractivity contribution is 5.96. The Balaban J connectivity index is 1.36. The van der Waals surface area contributed by atoms with Crippen molar-refractivity contribution in [3.05, 3.63) is 76.2 Å². The number of carbonyl (C=O) groups is 1. The number of H-pyrrole nitrogens is 1. The molecule has 5 nitrogen and oxygen atoms in total. The Kier molecular flexibility index (Phi) is 4.70. The standard InChI is InChI=1S/C25H26FN3O2/c1-15-4-7-18(8-5-15)20-11-29(12-20)23(30)19-9-6-16(2)21(10-19)22-17(3)27-24(28-22)25(26)13-31-14-25/h4-10,20H,11-14H2,1-3H3,(H,27,28). The summed E-state index contributed by atoms with van der Waals surface area (Å²) < 4.78 is 19.8. The molecule has 0 aliphatic carbocycles. The number of ether oxygens (including phenoxy) is 1. The predicted molar refractivity (Wildman–Crippen MR) is 117 cm³/mol. The number of alkyl halides is 1. The Bertz CT molecular complexity index is 1140. The van der Waals surface area contributed by atoms with Gasteiger partial charge in [0.1, 0.15) is 5.82 Å². The van der Waals surface area contributed by atoms with Crippen molar-refractivity contribution in [3.63, 3.8) is 0 Å². The number of aromatic amines is 1. The van der Waals surface area contributed by atoms with E-state index >= 15 is 0 Å². The van der Waals surface area contributed by atoms with E-state index < -0.39 is 5.67 Å². The summed E-state index contributed by atoms with van der Waals surface area (Å²) in [5.74, 6) is 0.703. The molecular weight excluding hydrogens is 393 g/mol. The van der Waals surface area contributed by atoms with Crippen molar-refractivity contribution >= 4 is 5.91 Å². The molecule has 6 heteroatoms. The average molecular weight is 420 g/mol. The van der Waals surface area contributed by atoms with Crippen LogP contribution in [0.15, 0.2) is 42.5 Å². The maximum atomic E-state index is 14.7. The second-order valence-electron chi connectivity index (χ2n) is 8.86. The molecule has 1 N–H and O–H groups in total. The van der Waals surface area contributed by atoms with Gasteiger partial charge in [0.2, 0.25) is 5.67 Å². The summed E-state index contributed by atoms with van der Waals surface area (Å²) in [6.07, 6.45) is 0. The molecule has 1 amide bonds. The van der Waals surface area contributed by atoms with Gasteiger partial charge in [-0.25, -0.2) is 9.37 Å². The lowest BCUT2D eigenvalue weighted by Gasteiger charge is -2.39. The Hall–Kier alpha value is -2.99. The number of amides is 1. The zero-order valence-corrected chi connectivity index (χ0v) is 18.0. The Morgan fingerprint density at radius 2 is 1.84 bits per heavy atom. The van der Waals surface area contributed by atoms with E-state index in [4.69, 9.17) is 4.74 Å². The second-order valence-corrected chi connectivity index (χ2v) is 8.86. The summed E-state index contributed by atoms with van der Waals surface area (Å²) in [6, 6.07) is 14.2. The van der Waals surface area contributed by atoms with Crippen molar-refractivity contribution < 1.29 is 13.9 Å². The molecule has 31 heavy (non-hydrogen) atoms. The molecule has 0 spiro atoms. The topological polar surface area (TPSA) is 58.2 Å². The van der Waals surface area contributed by atoms with Gasteiger partial charge in [-0.05, 0) is 44.0 Å². The van der Waals surface area contributed by atoms with E-state index in [1.165, 1.54) is 11.1 Å². The minimum absolute atomic E-state index is 0.0207. The Morgan fingerprint density at radius 3 is 2.48 bits per heavy atom. The van der Waals surface area contributed by atoms with Crippen LogP contribution >= 0.6 is 0 Å². The first-order chi connectivity index (χ1) is 14.8. The lowest BCUT2D eigenvalue weighted by atomic mass is 9.90.